The van der Waals surface area contributed by atoms with E-state index in [1.807, 2.05) is 18.2 Å². The van der Waals surface area contributed by atoms with E-state index in [-0.39, 0.29) is 11.3 Å². The van der Waals surface area contributed by atoms with Gasteiger partial charge in [-0.15, -0.1) is 0 Å². The number of nitrogens with zero attached hydrogens (tertiary/aromatic N) is 2. The topological polar surface area (TPSA) is 101 Å². The van der Waals surface area contributed by atoms with Gasteiger partial charge in [0.15, 0.2) is 5.13 Å². The van der Waals surface area contributed by atoms with Gasteiger partial charge >= 0.3 is 0 Å². The van der Waals surface area contributed by atoms with Crippen LogP contribution in [0.3, 0.4) is 0 Å². The Hall–Kier alpha value is -2.93. The van der Waals surface area contributed by atoms with Gasteiger partial charge in [0.2, 0.25) is 0 Å². The maximum absolute atomic E-state index is 11.3. The van der Waals surface area contributed by atoms with Crippen molar-refractivity contribution in [1.82, 2.24) is 9.97 Å². The van der Waals surface area contributed by atoms with E-state index < -0.39 is 5.91 Å². The molecule has 2 heterocycles. The lowest BCUT2D eigenvalue weighted by atomic mass is 10.1. The predicted molar refractivity (Wildman–Crippen MR) is 85.3 cm³/mol. The van der Waals surface area contributed by atoms with Crippen LogP contribution in [0.1, 0.15) is 10.4 Å². The molecular formula is C15H12N4O2S. The highest BCUT2D eigenvalue weighted by Crippen LogP contribution is 2.32. The first-order valence-corrected chi connectivity index (χ1v) is 7.22. The van der Waals surface area contributed by atoms with Crippen molar-refractivity contribution in [3.05, 3.63) is 54.4 Å². The molecule has 0 bridgehead atoms. The SMILES string of the molecule is NC(=O)c1cc(-c2cnc(Nc3ccccn3)s2)ccc1O. The lowest BCUT2D eigenvalue weighted by Gasteiger charge is -2.03. The number of carbonyl (C=O) groups excluding carboxylic acids is 1. The van der Waals surface area contributed by atoms with Crippen LogP contribution in [-0.4, -0.2) is 21.0 Å². The fraction of sp³-hybridized carbons (Fsp3) is 0. The average Bonchev–Trinajstić information content (AvgIpc) is 2.97. The van der Waals surface area contributed by atoms with Gasteiger partial charge in [0.25, 0.3) is 5.91 Å². The summed E-state index contributed by atoms with van der Waals surface area (Å²) in [6.07, 6.45) is 3.38. The van der Waals surface area contributed by atoms with Gasteiger partial charge in [0, 0.05) is 12.4 Å². The van der Waals surface area contributed by atoms with Crippen LogP contribution < -0.4 is 11.1 Å². The number of thiazole rings is 1. The minimum atomic E-state index is -0.671. The van der Waals surface area contributed by atoms with Crippen LogP contribution in [0.15, 0.2) is 48.8 Å². The second-order valence-electron chi connectivity index (χ2n) is 4.47. The number of nitrogens with two attached hydrogens (primary N) is 1. The highest BCUT2D eigenvalue weighted by molar-refractivity contribution is 7.18. The molecule has 22 heavy (non-hydrogen) atoms. The van der Waals surface area contributed by atoms with E-state index in [1.54, 1.807) is 24.5 Å². The summed E-state index contributed by atoms with van der Waals surface area (Å²) in [4.78, 5) is 20.6. The van der Waals surface area contributed by atoms with E-state index in [1.165, 1.54) is 17.4 Å². The quantitative estimate of drug-likeness (QED) is 0.687. The first-order chi connectivity index (χ1) is 10.6. The highest BCUT2D eigenvalue weighted by atomic mass is 32.1. The van der Waals surface area contributed by atoms with E-state index >= 15 is 0 Å². The number of hydrogen-bond acceptors (Lipinski definition) is 6. The van der Waals surface area contributed by atoms with Gasteiger partial charge in [-0.1, -0.05) is 17.4 Å². The molecule has 0 aliphatic rings. The zero-order valence-corrected chi connectivity index (χ0v) is 12.2. The molecule has 4 N–H and O–H groups in total. The van der Waals surface area contributed by atoms with Crippen molar-refractivity contribution >= 4 is 28.2 Å². The molecule has 6 nitrogen and oxygen atoms in total. The normalized spacial score (nSPS) is 10.4. The van der Waals surface area contributed by atoms with Crippen LogP contribution in [0.4, 0.5) is 10.9 Å². The molecule has 0 radical (unpaired) electrons. The molecule has 0 aliphatic carbocycles. The maximum atomic E-state index is 11.3. The van der Waals surface area contributed by atoms with Crippen molar-refractivity contribution < 1.29 is 9.90 Å². The third-order valence-electron chi connectivity index (χ3n) is 2.95. The Bertz CT molecular complexity index is 817. The van der Waals surface area contributed by atoms with Crippen molar-refractivity contribution in [3.8, 4) is 16.2 Å². The van der Waals surface area contributed by atoms with Crippen molar-refractivity contribution in [2.24, 2.45) is 5.73 Å². The van der Waals surface area contributed by atoms with Crippen molar-refractivity contribution in [1.29, 1.82) is 0 Å². The Kier molecular flexibility index (Phi) is 3.71. The standard InChI is InChI=1S/C15H12N4O2S/c16-14(21)10-7-9(4-5-11(10)20)12-8-18-15(22-12)19-13-3-1-2-6-17-13/h1-8,20H,(H2,16,21)(H,17,18,19). The van der Waals surface area contributed by atoms with Crippen LogP contribution in [0.25, 0.3) is 10.4 Å². The number of hydrogen-bond donors (Lipinski definition) is 3. The van der Waals surface area contributed by atoms with E-state index in [0.717, 1.165) is 10.4 Å². The number of aromatic hydroxyl groups is 1. The number of pyridine rings is 1. The average molecular weight is 312 g/mol. The number of phenols is 1. The minimum Gasteiger partial charge on any atom is -0.507 e. The van der Waals surface area contributed by atoms with Crippen molar-refractivity contribution in [3.63, 3.8) is 0 Å². The van der Waals surface area contributed by atoms with Gasteiger partial charge < -0.3 is 16.2 Å². The van der Waals surface area contributed by atoms with Gasteiger partial charge in [0.1, 0.15) is 11.6 Å². The summed E-state index contributed by atoms with van der Waals surface area (Å²) in [6, 6.07) is 10.3. The van der Waals surface area contributed by atoms with E-state index in [9.17, 15) is 9.90 Å². The third kappa shape index (κ3) is 2.89. The van der Waals surface area contributed by atoms with Crippen LogP contribution in [0, 0.1) is 0 Å². The molecular weight excluding hydrogens is 300 g/mol. The molecule has 0 saturated carbocycles. The Balaban J connectivity index is 1.88. The summed E-state index contributed by atoms with van der Waals surface area (Å²) in [6.45, 7) is 0. The first kappa shape index (κ1) is 14.0. The molecule has 1 aromatic carbocycles. The van der Waals surface area contributed by atoms with Crippen molar-refractivity contribution in [2.45, 2.75) is 0 Å². The highest BCUT2D eigenvalue weighted by Gasteiger charge is 2.11. The van der Waals surface area contributed by atoms with E-state index in [0.29, 0.717) is 10.9 Å². The van der Waals surface area contributed by atoms with Crippen LogP contribution in [0.2, 0.25) is 0 Å². The number of anilines is 2. The minimum absolute atomic E-state index is 0.0881. The van der Waals surface area contributed by atoms with Gasteiger partial charge in [-0.3, -0.25) is 4.79 Å². The number of carbonyl (C=O) groups is 1. The maximum Gasteiger partial charge on any atom is 0.252 e. The fourth-order valence-corrected chi connectivity index (χ4v) is 2.72. The Labute approximate surface area is 130 Å². The monoisotopic (exact) mass is 312 g/mol. The molecule has 3 aromatic rings. The number of aromatic nitrogens is 2. The number of nitrogens with one attached hydrogen (secondary N) is 1. The second-order valence-corrected chi connectivity index (χ2v) is 5.50. The molecule has 0 atom stereocenters. The Morgan fingerprint density at radius 1 is 1.23 bits per heavy atom. The largest absolute Gasteiger partial charge is 0.507 e. The summed E-state index contributed by atoms with van der Waals surface area (Å²) in [5, 5.41) is 13.4. The molecule has 1 amide bonds. The lowest BCUT2D eigenvalue weighted by molar-refractivity contribution is 0.0998. The molecule has 0 saturated heterocycles. The molecule has 0 unspecified atom stereocenters. The summed E-state index contributed by atoms with van der Waals surface area (Å²) >= 11 is 1.41. The third-order valence-corrected chi connectivity index (χ3v) is 3.91. The Morgan fingerprint density at radius 3 is 2.82 bits per heavy atom. The van der Waals surface area contributed by atoms with Crippen LogP contribution in [-0.2, 0) is 0 Å². The van der Waals surface area contributed by atoms with Gasteiger partial charge in [-0.2, -0.15) is 0 Å². The Morgan fingerprint density at radius 2 is 2.09 bits per heavy atom. The molecule has 2 aromatic heterocycles. The fourth-order valence-electron chi connectivity index (χ4n) is 1.90. The van der Waals surface area contributed by atoms with E-state index in [2.05, 4.69) is 15.3 Å². The first-order valence-electron chi connectivity index (χ1n) is 6.40. The van der Waals surface area contributed by atoms with Gasteiger partial charge in [0.05, 0.1) is 10.4 Å². The predicted octanol–water partition coefficient (Wildman–Crippen LogP) is 2.75. The molecule has 110 valence electrons. The number of amides is 1. The molecule has 0 spiro atoms. The molecule has 0 aliphatic heterocycles. The van der Waals surface area contributed by atoms with Gasteiger partial charge in [-0.05, 0) is 35.9 Å². The summed E-state index contributed by atoms with van der Waals surface area (Å²) in [5.41, 5.74) is 6.09. The van der Waals surface area contributed by atoms with Crippen LogP contribution in [0.5, 0.6) is 5.75 Å². The lowest BCUT2D eigenvalue weighted by Crippen LogP contribution is -2.11. The van der Waals surface area contributed by atoms with Crippen LogP contribution >= 0.6 is 11.3 Å². The number of rotatable bonds is 4. The molecule has 7 heteroatoms. The summed E-state index contributed by atoms with van der Waals surface area (Å²) in [7, 11) is 0. The zero-order valence-electron chi connectivity index (χ0n) is 11.4. The molecule has 0 fully saturated rings. The summed E-state index contributed by atoms with van der Waals surface area (Å²) in [5.74, 6) is -0.102. The molecule has 3 rings (SSSR count). The smallest absolute Gasteiger partial charge is 0.252 e. The van der Waals surface area contributed by atoms with Crippen molar-refractivity contribution in [2.75, 3.05) is 5.32 Å². The number of primary amides is 1. The summed E-state index contributed by atoms with van der Waals surface area (Å²) < 4.78 is 0. The number of benzene rings is 1. The van der Waals surface area contributed by atoms with Gasteiger partial charge in [-0.25, -0.2) is 9.97 Å². The van der Waals surface area contributed by atoms with E-state index in [4.69, 9.17) is 5.73 Å². The second kappa shape index (κ2) is 5.82. The zero-order chi connectivity index (χ0) is 15.5.